The topological polar surface area (TPSA) is 140 Å². The fourth-order valence-electron chi connectivity index (χ4n) is 2.90. The molecular weight excluding hydrogens is 445 g/mol. The maximum atomic E-state index is 13.7. The van der Waals surface area contributed by atoms with E-state index in [1.54, 1.807) is 0 Å². The highest BCUT2D eigenvalue weighted by Crippen LogP contribution is 2.34. The zero-order valence-corrected chi connectivity index (χ0v) is 17.4. The summed E-state index contributed by atoms with van der Waals surface area (Å²) in [5, 5.41) is 10.7. The van der Waals surface area contributed by atoms with Crippen LogP contribution >= 0.6 is 11.6 Å². The molecular formula is C18H19ClFNO10. The van der Waals surface area contributed by atoms with Gasteiger partial charge in [-0.2, -0.15) is 0 Å². The van der Waals surface area contributed by atoms with Crippen molar-refractivity contribution >= 4 is 35.2 Å². The molecule has 0 aromatic heterocycles. The number of non-ortho nitro benzene ring substituents is 1. The number of carbonyl (C=O) groups excluding carboxylic acids is 3. The van der Waals surface area contributed by atoms with Crippen molar-refractivity contribution in [1.29, 1.82) is 0 Å². The Morgan fingerprint density at radius 1 is 1.06 bits per heavy atom. The van der Waals surface area contributed by atoms with E-state index in [9.17, 15) is 28.9 Å². The second kappa shape index (κ2) is 10.4. The van der Waals surface area contributed by atoms with Crippen molar-refractivity contribution in [3.8, 4) is 5.75 Å². The van der Waals surface area contributed by atoms with Crippen molar-refractivity contribution in [2.75, 3.05) is 6.67 Å². The first-order valence-corrected chi connectivity index (χ1v) is 9.25. The molecule has 0 radical (unpaired) electrons. The van der Waals surface area contributed by atoms with Gasteiger partial charge in [0.25, 0.3) is 5.69 Å². The lowest BCUT2D eigenvalue weighted by Gasteiger charge is -2.43. The van der Waals surface area contributed by atoms with Gasteiger partial charge in [-0.05, 0) is 6.07 Å². The number of hydrogen-bond acceptors (Lipinski definition) is 10. The minimum Gasteiger partial charge on any atom is -0.459 e. The second-order valence-electron chi connectivity index (χ2n) is 6.41. The number of halogens is 2. The van der Waals surface area contributed by atoms with Gasteiger partial charge in [0.05, 0.1) is 9.95 Å². The van der Waals surface area contributed by atoms with Gasteiger partial charge < -0.3 is 23.7 Å². The molecule has 0 aliphatic carbocycles. The molecule has 1 fully saturated rings. The Balaban J connectivity index is 2.43. The van der Waals surface area contributed by atoms with Crippen LogP contribution in [0.25, 0.3) is 0 Å². The van der Waals surface area contributed by atoms with E-state index in [1.165, 1.54) is 0 Å². The summed E-state index contributed by atoms with van der Waals surface area (Å²) >= 11 is 6.01. The predicted octanol–water partition coefficient (Wildman–Crippen LogP) is 2.12. The van der Waals surface area contributed by atoms with Gasteiger partial charge in [-0.1, -0.05) is 11.6 Å². The Morgan fingerprint density at radius 2 is 1.61 bits per heavy atom. The molecule has 31 heavy (non-hydrogen) atoms. The van der Waals surface area contributed by atoms with Crippen molar-refractivity contribution in [3.05, 3.63) is 33.3 Å². The summed E-state index contributed by atoms with van der Waals surface area (Å²) in [7, 11) is 0. The Kier molecular flexibility index (Phi) is 8.11. The van der Waals surface area contributed by atoms with E-state index >= 15 is 0 Å². The maximum absolute atomic E-state index is 13.7. The average Bonchev–Trinajstić information content (AvgIpc) is 2.66. The zero-order chi connectivity index (χ0) is 23.3. The number of carbonyl (C=O) groups is 3. The van der Waals surface area contributed by atoms with Gasteiger partial charge in [-0.25, -0.2) is 4.39 Å². The summed E-state index contributed by atoms with van der Waals surface area (Å²) in [6.07, 6.45) is -7.40. The molecule has 13 heteroatoms. The van der Waals surface area contributed by atoms with Crippen molar-refractivity contribution in [2.24, 2.45) is 0 Å². The summed E-state index contributed by atoms with van der Waals surface area (Å²) in [5.74, 6) is -2.58. The summed E-state index contributed by atoms with van der Waals surface area (Å²) in [6.45, 7) is 2.00. The molecule has 0 spiro atoms. The van der Waals surface area contributed by atoms with Crippen LogP contribution in [0.3, 0.4) is 0 Å². The third kappa shape index (κ3) is 6.25. The summed E-state index contributed by atoms with van der Waals surface area (Å²) in [5.41, 5.74) is -0.312. The summed E-state index contributed by atoms with van der Waals surface area (Å²) in [6, 6.07) is 3.28. The van der Waals surface area contributed by atoms with Crippen molar-refractivity contribution in [3.63, 3.8) is 0 Å². The second-order valence-corrected chi connectivity index (χ2v) is 6.82. The molecule has 1 saturated heterocycles. The molecule has 1 heterocycles. The van der Waals surface area contributed by atoms with Crippen LogP contribution in [-0.2, 0) is 33.3 Å². The van der Waals surface area contributed by atoms with Crippen LogP contribution in [0.4, 0.5) is 10.1 Å². The summed E-state index contributed by atoms with van der Waals surface area (Å²) in [4.78, 5) is 45.0. The standard InChI is InChI=1S/C18H19ClFNO10/c1-8(22)27-15-14(7-20)31-18(17(29-10(3)24)16(15)28-9(2)23)30-13-5-4-11(21(25)26)6-12(13)19/h4-6,14-18H,7H2,1-3H3/t14-,15-,16+,17-,18-/m1/s1. The molecule has 170 valence electrons. The van der Waals surface area contributed by atoms with E-state index in [0.717, 1.165) is 39.0 Å². The predicted molar refractivity (Wildman–Crippen MR) is 100 cm³/mol. The first-order chi connectivity index (χ1) is 14.5. The number of hydrogen-bond donors (Lipinski definition) is 0. The quantitative estimate of drug-likeness (QED) is 0.255. The molecule has 0 N–H and O–H groups in total. The molecule has 0 amide bonds. The number of ether oxygens (including phenoxy) is 5. The van der Waals surface area contributed by atoms with Crippen molar-refractivity contribution in [2.45, 2.75) is 51.5 Å². The molecule has 1 aliphatic heterocycles. The molecule has 0 saturated carbocycles. The number of alkyl halides is 1. The molecule has 0 unspecified atom stereocenters. The molecule has 5 atom stereocenters. The Labute approximate surface area is 180 Å². The highest BCUT2D eigenvalue weighted by molar-refractivity contribution is 6.32. The average molecular weight is 464 g/mol. The zero-order valence-electron chi connectivity index (χ0n) is 16.6. The molecule has 11 nitrogen and oxygen atoms in total. The Bertz CT molecular complexity index is 866. The maximum Gasteiger partial charge on any atom is 0.303 e. The van der Waals surface area contributed by atoms with E-state index in [-0.39, 0.29) is 16.5 Å². The molecule has 1 aliphatic rings. The number of nitro benzene ring substituents is 1. The monoisotopic (exact) mass is 463 g/mol. The fraction of sp³-hybridized carbons (Fsp3) is 0.500. The van der Waals surface area contributed by atoms with Crippen LogP contribution < -0.4 is 4.74 Å². The molecule has 0 bridgehead atoms. The van der Waals surface area contributed by atoms with Gasteiger partial charge in [0.15, 0.2) is 12.2 Å². The van der Waals surface area contributed by atoms with E-state index in [1.807, 2.05) is 0 Å². The van der Waals surface area contributed by atoms with Crippen LogP contribution in [-0.4, -0.2) is 60.2 Å². The van der Waals surface area contributed by atoms with Crippen LogP contribution in [0.2, 0.25) is 5.02 Å². The van der Waals surface area contributed by atoms with Crippen molar-refractivity contribution < 1.29 is 47.4 Å². The smallest absolute Gasteiger partial charge is 0.303 e. The fourth-order valence-corrected chi connectivity index (χ4v) is 3.12. The first kappa shape index (κ1) is 24.3. The number of nitrogens with zero attached hydrogens (tertiary/aromatic N) is 1. The normalized spacial score (nSPS) is 25.3. The first-order valence-electron chi connectivity index (χ1n) is 8.87. The lowest BCUT2D eigenvalue weighted by Crippen LogP contribution is -2.63. The van der Waals surface area contributed by atoms with E-state index < -0.39 is 60.2 Å². The largest absolute Gasteiger partial charge is 0.459 e. The third-order valence-corrected chi connectivity index (χ3v) is 4.31. The molecule has 1 aromatic rings. The number of esters is 3. The molecule has 2 rings (SSSR count). The number of nitro groups is 1. The van der Waals surface area contributed by atoms with Crippen LogP contribution in [0.5, 0.6) is 5.75 Å². The van der Waals surface area contributed by atoms with Crippen LogP contribution in [0.1, 0.15) is 20.8 Å². The van der Waals surface area contributed by atoms with E-state index in [2.05, 4.69) is 0 Å². The number of benzene rings is 1. The lowest BCUT2D eigenvalue weighted by molar-refractivity contribution is -0.384. The number of rotatable bonds is 7. The SMILES string of the molecule is CC(=O)O[C@@H]1[C@@H](OC(C)=O)[C@H](Oc2ccc([N+](=O)[O-])cc2Cl)O[C@H](CF)[C@H]1OC(C)=O. The van der Waals surface area contributed by atoms with Gasteiger partial charge in [0.2, 0.25) is 12.4 Å². The lowest BCUT2D eigenvalue weighted by atomic mass is 9.98. The van der Waals surface area contributed by atoms with Gasteiger partial charge >= 0.3 is 17.9 Å². The minimum absolute atomic E-state index is 0.112. The van der Waals surface area contributed by atoms with E-state index in [4.69, 9.17) is 35.3 Å². The highest BCUT2D eigenvalue weighted by atomic mass is 35.5. The van der Waals surface area contributed by atoms with E-state index in [0.29, 0.717) is 0 Å². The Hall–Kier alpha value is -2.99. The third-order valence-electron chi connectivity index (χ3n) is 4.02. The summed E-state index contributed by atoms with van der Waals surface area (Å²) < 4.78 is 40.1. The van der Waals surface area contributed by atoms with Gasteiger partial charge in [-0.15, -0.1) is 0 Å². The van der Waals surface area contributed by atoms with Gasteiger partial charge in [-0.3, -0.25) is 24.5 Å². The Morgan fingerprint density at radius 3 is 2.10 bits per heavy atom. The van der Waals surface area contributed by atoms with Gasteiger partial charge in [0.1, 0.15) is 18.5 Å². The molecule has 1 aromatic carbocycles. The highest BCUT2D eigenvalue weighted by Gasteiger charge is 2.53. The van der Waals surface area contributed by atoms with Gasteiger partial charge in [0, 0.05) is 32.9 Å². The van der Waals surface area contributed by atoms with Crippen molar-refractivity contribution in [1.82, 2.24) is 0 Å². The van der Waals surface area contributed by atoms with Crippen LogP contribution in [0, 0.1) is 10.1 Å². The minimum atomic E-state index is -1.56. The van der Waals surface area contributed by atoms with Crippen LogP contribution in [0.15, 0.2) is 18.2 Å².